The Labute approximate surface area is 97.0 Å². The fourth-order valence-electron chi connectivity index (χ4n) is 1.73. The second-order valence-electron chi connectivity index (χ2n) is 3.70. The molecule has 5 nitrogen and oxygen atoms in total. The SMILES string of the molecule is Nc1cccc(-c2nc3ncccc3[nH]2)c1O. The van der Waals surface area contributed by atoms with E-state index < -0.39 is 0 Å². The zero-order valence-electron chi connectivity index (χ0n) is 8.88. The molecule has 4 N–H and O–H groups in total. The van der Waals surface area contributed by atoms with Gasteiger partial charge in [-0.15, -0.1) is 0 Å². The van der Waals surface area contributed by atoms with Gasteiger partial charge in [0.2, 0.25) is 0 Å². The summed E-state index contributed by atoms with van der Waals surface area (Å²) in [4.78, 5) is 11.5. The Balaban J connectivity index is 2.24. The number of fused-ring (bicyclic) bond motifs is 1. The third-order valence-corrected chi connectivity index (χ3v) is 2.58. The number of phenolic OH excluding ortho intramolecular Hbond substituents is 1. The molecule has 0 saturated carbocycles. The van der Waals surface area contributed by atoms with Gasteiger partial charge in [-0.1, -0.05) is 6.07 Å². The molecule has 0 bridgehead atoms. The fraction of sp³-hybridized carbons (Fsp3) is 0. The van der Waals surface area contributed by atoms with Crippen LogP contribution in [-0.2, 0) is 0 Å². The van der Waals surface area contributed by atoms with Crippen LogP contribution in [0.4, 0.5) is 5.69 Å². The molecule has 2 heterocycles. The van der Waals surface area contributed by atoms with Crippen molar-refractivity contribution in [2.45, 2.75) is 0 Å². The van der Waals surface area contributed by atoms with Crippen molar-refractivity contribution in [2.75, 3.05) is 5.73 Å². The molecule has 3 aromatic rings. The molecule has 0 unspecified atom stereocenters. The van der Waals surface area contributed by atoms with Gasteiger partial charge >= 0.3 is 0 Å². The first-order valence-corrected chi connectivity index (χ1v) is 5.14. The van der Waals surface area contributed by atoms with Crippen molar-refractivity contribution in [3.05, 3.63) is 36.5 Å². The van der Waals surface area contributed by atoms with Gasteiger partial charge in [0.05, 0.1) is 16.8 Å². The highest BCUT2D eigenvalue weighted by atomic mass is 16.3. The van der Waals surface area contributed by atoms with E-state index in [2.05, 4.69) is 15.0 Å². The van der Waals surface area contributed by atoms with Crippen LogP contribution >= 0.6 is 0 Å². The number of imidazole rings is 1. The number of aromatic hydroxyl groups is 1. The molecule has 0 aliphatic carbocycles. The third kappa shape index (κ3) is 1.48. The van der Waals surface area contributed by atoms with Gasteiger partial charge in [0.25, 0.3) is 0 Å². The first-order chi connectivity index (χ1) is 8.25. The number of phenols is 1. The van der Waals surface area contributed by atoms with Crippen LogP contribution in [0.5, 0.6) is 5.75 Å². The molecule has 17 heavy (non-hydrogen) atoms. The Kier molecular flexibility index (Phi) is 1.98. The monoisotopic (exact) mass is 226 g/mol. The Morgan fingerprint density at radius 1 is 1.18 bits per heavy atom. The predicted octanol–water partition coefficient (Wildman–Crippen LogP) is 1.91. The van der Waals surface area contributed by atoms with Gasteiger partial charge in [-0.3, -0.25) is 0 Å². The summed E-state index contributed by atoms with van der Waals surface area (Å²) in [5.41, 5.74) is 7.99. The van der Waals surface area contributed by atoms with Crippen molar-refractivity contribution in [2.24, 2.45) is 0 Å². The molecule has 2 aromatic heterocycles. The van der Waals surface area contributed by atoms with Crippen LogP contribution in [0.3, 0.4) is 0 Å². The number of benzene rings is 1. The van der Waals surface area contributed by atoms with E-state index in [0.717, 1.165) is 5.52 Å². The van der Waals surface area contributed by atoms with Gasteiger partial charge in [0.15, 0.2) is 5.65 Å². The largest absolute Gasteiger partial charge is 0.505 e. The summed E-state index contributed by atoms with van der Waals surface area (Å²) in [7, 11) is 0. The number of aromatic amines is 1. The zero-order valence-corrected chi connectivity index (χ0v) is 8.88. The number of H-pyrrole nitrogens is 1. The third-order valence-electron chi connectivity index (χ3n) is 2.58. The van der Waals surface area contributed by atoms with Crippen LogP contribution in [0.1, 0.15) is 0 Å². The van der Waals surface area contributed by atoms with Gasteiger partial charge in [-0.05, 0) is 24.3 Å². The molecule has 0 aliphatic heterocycles. The highest BCUT2D eigenvalue weighted by Gasteiger charge is 2.11. The van der Waals surface area contributed by atoms with Crippen LogP contribution in [0.2, 0.25) is 0 Å². The number of nitrogens with one attached hydrogen (secondary N) is 1. The summed E-state index contributed by atoms with van der Waals surface area (Å²) in [6, 6.07) is 8.86. The number of pyridine rings is 1. The Morgan fingerprint density at radius 3 is 2.88 bits per heavy atom. The van der Waals surface area contributed by atoms with E-state index in [0.29, 0.717) is 22.7 Å². The van der Waals surface area contributed by atoms with Crippen molar-refractivity contribution >= 4 is 16.9 Å². The molecule has 3 rings (SSSR count). The van der Waals surface area contributed by atoms with Crippen molar-refractivity contribution < 1.29 is 5.11 Å². The van der Waals surface area contributed by atoms with Crippen molar-refractivity contribution in [1.29, 1.82) is 0 Å². The normalized spacial score (nSPS) is 10.8. The topological polar surface area (TPSA) is 87.8 Å². The highest BCUT2D eigenvalue weighted by Crippen LogP contribution is 2.32. The van der Waals surface area contributed by atoms with E-state index in [1.54, 1.807) is 24.4 Å². The lowest BCUT2D eigenvalue weighted by molar-refractivity contribution is 0.479. The number of nitrogen functional groups attached to an aromatic ring is 1. The minimum atomic E-state index is 0.0338. The van der Waals surface area contributed by atoms with E-state index in [9.17, 15) is 5.11 Å². The molecule has 0 radical (unpaired) electrons. The quantitative estimate of drug-likeness (QED) is 0.437. The molecule has 0 spiro atoms. The maximum Gasteiger partial charge on any atom is 0.178 e. The standard InChI is InChI=1S/C12H10N4O/c13-8-4-1-3-7(10(8)17)11-15-9-5-2-6-14-12(9)16-11/h1-6,17H,13H2,(H,14,15,16). The molecule has 84 valence electrons. The number of para-hydroxylation sites is 1. The van der Waals surface area contributed by atoms with Gasteiger partial charge in [0.1, 0.15) is 11.6 Å². The summed E-state index contributed by atoms with van der Waals surface area (Å²) in [6.45, 7) is 0. The summed E-state index contributed by atoms with van der Waals surface area (Å²) in [6.07, 6.45) is 1.67. The van der Waals surface area contributed by atoms with Gasteiger partial charge in [0, 0.05) is 6.20 Å². The van der Waals surface area contributed by atoms with E-state index >= 15 is 0 Å². The van der Waals surface area contributed by atoms with E-state index in [1.807, 2.05) is 12.1 Å². The maximum atomic E-state index is 9.87. The fourth-order valence-corrected chi connectivity index (χ4v) is 1.73. The van der Waals surface area contributed by atoms with E-state index in [4.69, 9.17) is 5.73 Å². The second kappa shape index (κ2) is 3.48. The lowest BCUT2D eigenvalue weighted by atomic mass is 10.1. The van der Waals surface area contributed by atoms with E-state index in [1.165, 1.54) is 0 Å². The lowest BCUT2D eigenvalue weighted by Crippen LogP contribution is -1.88. The number of hydrogen-bond acceptors (Lipinski definition) is 4. The molecular weight excluding hydrogens is 216 g/mol. The lowest BCUT2D eigenvalue weighted by Gasteiger charge is -2.03. The maximum absolute atomic E-state index is 9.87. The minimum absolute atomic E-state index is 0.0338. The minimum Gasteiger partial charge on any atom is -0.505 e. The average Bonchev–Trinajstić information content (AvgIpc) is 2.76. The van der Waals surface area contributed by atoms with E-state index in [-0.39, 0.29) is 5.75 Å². The van der Waals surface area contributed by atoms with Gasteiger partial charge in [-0.25, -0.2) is 9.97 Å². The Bertz CT molecular complexity index is 657. The van der Waals surface area contributed by atoms with Crippen molar-refractivity contribution in [3.63, 3.8) is 0 Å². The van der Waals surface area contributed by atoms with Crippen LogP contribution in [0.25, 0.3) is 22.6 Å². The number of anilines is 1. The summed E-state index contributed by atoms with van der Waals surface area (Å²) >= 11 is 0. The van der Waals surface area contributed by atoms with Gasteiger partial charge < -0.3 is 15.8 Å². The molecule has 1 aromatic carbocycles. The van der Waals surface area contributed by atoms with Crippen molar-refractivity contribution in [3.8, 4) is 17.1 Å². The molecule has 0 saturated heterocycles. The van der Waals surface area contributed by atoms with Crippen LogP contribution in [-0.4, -0.2) is 20.1 Å². The molecule has 5 heteroatoms. The number of nitrogens with zero attached hydrogens (tertiary/aromatic N) is 2. The van der Waals surface area contributed by atoms with Crippen molar-refractivity contribution in [1.82, 2.24) is 15.0 Å². The highest BCUT2D eigenvalue weighted by molar-refractivity contribution is 5.79. The van der Waals surface area contributed by atoms with Crippen LogP contribution in [0.15, 0.2) is 36.5 Å². The molecular formula is C12H10N4O. The second-order valence-corrected chi connectivity index (χ2v) is 3.70. The molecule has 0 amide bonds. The van der Waals surface area contributed by atoms with Gasteiger partial charge in [-0.2, -0.15) is 0 Å². The Morgan fingerprint density at radius 2 is 2.06 bits per heavy atom. The number of nitrogens with two attached hydrogens (primary N) is 1. The van der Waals surface area contributed by atoms with Crippen LogP contribution in [0, 0.1) is 0 Å². The molecule has 0 aliphatic rings. The van der Waals surface area contributed by atoms with Crippen LogP contribution < -0.4 is 5.73 Å². The number of rotatable bonds is 1. The smallest absolute Gasteiger partial charge is 0.178 e. The summed E-state index contributed by atoms with van der Waals surface area (Å²) in [5, 5.41) is 9.87. The molecule has 0 fully saturated rings. The summed E-state index contributed by atoms with van der Waals surface area (Å²) in [5.74, 6) is 0.593. The first kappa shape index (κ1) is 9.65. The number of hydrogen-bond donors (Lipinski definition) is 3. The molecule has 0 atom stereocenters. The predicted molar refractivity (Wildman–Crippen MR) is 65.4 cm³/mol. The number of aromatic nitrogens is 3. The zero-order chi connectivity index (χ0) is 11.8. The average molecular weight is 226 g/mol. The first-order valence-electron chi connectivity index (χ1n) is 5.14. The Hall–Kier alpha value is -2.56. The summed E-state index contributed by atoms with van der Waals surface area (Å²) < 4.78 is 0.